The van der Waals surface area contributed by atoms with E-state index in [4.69, 9.17) is 16.3 Å². The molecule has 0 radical (unpaired) electrons. The minimum Gasteiger partial charge on any atom is -0.489 e. The number of ether oxygens (including phenoxy) is 1. The molecular formula is C21H19ClN2O2. The summed E-state index contributed by atoms with van der Waals surface area (Å²) in [5.41, 5.74) is 3.73. The first-order valence-electron chi connectivity index (χ1n) is 8.20. The lowest BCUT2D eigenvalue weighted by atomic mass is 10.2. The van der Waals surface area contributed by atoms with Gasteiger partial charge in [-0.1, -0.05) is 23.7 Å². The van der Waals surface area contributed by atoms with Crippen LogP contribution in [0.1, 0.15) is 12.5 Å². The Morgan fingerprint density at radius 3 is 1.96 bits per heavy atom. The van der Waals surface area contributed by atoms with Gasteiger partial charge < -0.3 is 15.4 Å². The quantitative estimate of drug-likeness (QED) is 0.595. The SMILES string of the molecule is CC(=O)Nc1ccc(Nc2ccc(OCc3ccc(Cl)cc3)cc2)cc1. The molecular weight excluding hydrogens is 348 g/mol. The lowest BCUT2D eigenvalue weighted by Crippen LogP contribution is -2.05. The molecule has 26 heavy (non-hydrogen) atoms. The van der Waals surface area contributed by atoms with E-state index in [1.54, 1.807) is 0 Å². The van der Waals surface area contributed by atoms with Crippen molar-refractivity contribution in [2.24, 2.45) is 0 Å². The minimum absolute atomic E-state index is 0.0834. The Morgan fingerprint density at radius 1 is 0.846 bits per heavy atom. The van der Waals surface area contributed by atoms with Crippen LogP contribution in [0, 0.1) is 0 Å². The van der Waals surface area contributed by atoms with Crippen molar-refractivity contribution in [3.8, 4) is 5.75 Å². The second-order valence-corrected chi connectivity index (χ2v) is 6.26. The van der Waals surface area contributed by atoms with Gasteiger partial charge in [0, 0.05) is 29.0 Å². The van der Waals surface area contributed by atoms with Crippen LogP contribution in [0.15, 0.2) is 72.8 Å². The van der Waals surface area contributed by atoms with Crippen LogP contribution >= 0.6 is 11.6 Å². The molecule has 0 saturated heterocycles. The minimum atomic E-state index is -0.0834. The third-order valence-electron chi connectivity index (χ3n) is 3.67. The van der Waals surface area contributed by atoms with Crippen molar-refractivity contribution < 1.29 is 9.53 Å². The molecule has 0 fully saturated rings. The highest BCUT2D eigenvalue weighted by Crippen LogP contribution is 2.22. The largest absolute Gasteiger partial charge is 0.489 e. The summed E-state index contributed by atoms with van der Waals surface area (Å²) in [7, 11) is 0. The third kappa shape index (κ3) is 5.26. The van der Waals surface area contributed by atoms with Crippen molar-refractivity contribution in [1.82, 2.24) is 0 Å². The van der Waals surface area contributed by atoms with Gasteiger partial charge in [-0.2, -0.15) is 0 Å². The Balaban J connectivity index is 1.55. The van der Waals surface area contributed by atoms with Gasteiger partial charge in [0.25, 0.3) is 0 Å². The van der Waals surface area contributed by atoms with Crippen LogP contribution in [-0.2, 0) is 11.4 Å². The summed E-state index contributed by atoms with van der Waals surface area (Å²) in [6.45, 7) is 1.98. The van der Waals surface area contributed by atoms with Gasteiger partial charge in [0.05, 0.1) is 0 Å². The molecule has 0 aliphatic carbocycles. The van der Waals surface area contributed by atoms with Crippen LogP contribution < -0.4 is 15.4 Å². The number of carbonyl (C=O) groups is 1. The van der Waals surface area contributed by atoms with Crippen molar-refractivity contribution in [2.45, 2.75) is 13.5 Å². The fourth-order valence-corrected chi connectivity index (χ4v) is 2.51. The number of nitrogens with one attached hydrogen (secondary N) is 2. The summed E-state index contributed by atoms with van der Waals surface area (Å²) in [5.74, 6) is 0.714. The normalized spacial score (nSPS) is 10.2. The lowest BCUT2D eigenvalue weighted by molar-refractivity contribution is -0.114. The highest BCUT2D eigenvalue weighted by molar-refractivity contribution is 6.30. The highest BCUT2D eigenvalue weighted by atomic mass is 35.5. The van der Waals surface area contributed by atoms with Gasteiger partial charge in [-0.15, -0.1) is 0 Å². The molecule has 2 N–H and O–H groups in total. The smallest absolute Gasteiger partial charge is 0.221 e. The van der Waals surface area contributed by atoms with Gasteiger partial charge in [-0.05, 0) is 66.2 Å². The molecule has 3 rings (SSSR count). The van der Waals surface area contributed by atoms with Crippen molar-refractivity contribution in [2.75, 3.05) is 10.6 Å². The van der Waals surface area contributed by atoms with E-state index >= 15 is 0 Å². The van der Waals surface area contributed by atoms with E-state index in [0.717, 1.165) is 28.4 Å². The summed E-state index contributed by atoms with van der Waals surface area (Å²) in [6.07, 6.45) is 0. The van der Waals surface area contributed by atoms with Crippen LogP contribution in [0.5, 0.6) is 5.75 Å². The zero-order valence-electron chi connectivity index (χ0n) is 14.3. The molecule has 0 aliphatic rings. The number of hydrogen-bond donors (Lipinski definition) is 2. The lowest BCUT2D eigenvalue weighted by Gasteiger charge is -2.10. The number of carbonyl (C=O) groups excluding carboxylic acids is 1. The van der Waals surface area contributed by atoms with E-state index in [1.165, 1.54) is 6.92 Å². The molecule has 0 aromatic heterocycles. The first-order valence-corrected chi connectivity index (χ1v) is 8.58. The van der Waals surface area contributed by atoms with Crippen LogP contribution in [-0.4, -0.2) is 5.91 Å². The van der Waals surface area contributed by atoms with Crippen molar-refractivity contribution >= 4 is 34.6 Å². The third-order valence-corrected chi connectivity index (χ3v) is 3.92. The molecule has 0 aliphatic heterocycles. The topological polar surface area (TPSA) is 50.4 Å². The molecule has 0 spiro atoms. The molecule has 3 aromatic carbocycles. The number of amides is 1. The Bertz CT molecular complexity index is 860. The Hall–Kier alpha value is -2.98. The summed E-state index contributed by atoms with van der Waals surface area (Å²) >= 11 is 5.88. The monoisotopic (exact) mass is 366 g/mol. The average molecular weight is 367 g/mol. The Labute approximate surface area is 157 Å². The maximum absolute atomic E-state index is 11.0. The van der Waals surface area contributed by atoms with Crippen LogP contribution in [0.3, 0.4) is 0 Å². The summed E-state index contributed by atoms with van der Waals surface area (Å²) in [6, 6.07) is 22.9. The van der Waals surface area contributed by atoms with E-state index in [0.29, 0.717) is 11.6 Å². The average Bonchev–Trinajstić information content (AvgIpc) is 2.64. The number of benzene rings is 3. The summed E-state index contributed by atoms with van der Waals surface area (Å²) in [4.78, 5) is 11.0. The van der Waals surface area contributed by atoms with Crippen LogP contribution in [0.25, 0.3) is 0 Å². The zero-order valence-corrected chi connectivity index (χ0v) is 15.1. The second kappa shape index (κ2) is 8.41. The Kier molecular flexibility index (Phi) is 5.77. The van der Waals surface area contributed by atoms with Gasteiger partial charge in [0.1, 0.15) is 12.4 Å². The maximum Gasteiger partial charge on any atom is 0.221 e. The van der Waals surface area contributed by atoms with Gasteiger partial charge >= 0.3 is 0 Å². The Morgan fingerprint density at radius 2 is 1.38 bits per heavy atom. The van der Waals surface area contributed by atoms with Gasteiger partial charge in [0.2, 0.25) is 5.91 Å². The van der Waals surface area contributed by atoms with E-state index in [1.807, 2.05) is 72.8 Å². The number of rotatable bonds is 6. The first kappa shape index (κ1) is 17.8. The van der Waals surface area contributed by atoms with E-state index < -0.39 is 0 Å². The van der Waals surface area contributed by atoms with Crippen molar-refractivity contribution in [3.05, 3.63) is 83.4 Å². The number of halogens is 1. The van der Waals surface area contributed by atoms with Crippen molar-refractivity contribution in [1.29, 1.82) is 0 Å². The van der Waals surface area contributed by atoms with Crippen molar-refractivity contribution in [3.63, 3.8) is 0 Å². The predicted molar refractivity (Wildman–Crippen MR) is 106 cm³/mol. The predicted octanol–water partition coefficient (Wildman–Crippen LogP) is 5.62. The highest BCUT2D eigenvalue weighted by Gasteiger charge is 2.00. The van der Waals surface area contributed by atoms with Crippen LogP contribution in [0.4, 0.5) is 17.1 Å². The molecule has 1 amide bonds. The number of hydrogen-bond acceptors (Lipinski definition) is 3. The fourth-order valence-electron chi connectivity index (χ4n) is 2.39. The molecule has 5 heteroatoms. The molecule has 4 nitrogen and oxygen atoms in total. The van der Waals surface area contributed by atoms with E-state index in [-0.39, 0.29) is 5.91 Å². The second-order valence-electron chi connectivity index (χ2n) is 5.82. The van der Waals surface area contributed by atoms with Gasteiger partial charge in [0.15, 0.2) is 0 Å². The molecule has 3 aromatic rings. The molecule has 0 saturated carbocycles. The number of anilines is 3. The standard InChI is InChI=1S/C21H19ClN2O2/c1-15(25)23-18-6-8-19(9-7-18)24-20-10-12-21(13-11-20)26-14-16-2-4-17(22)5-3-16/h2-13,24H,14H2,1H3,(H,23,25). The van der Waals surface area contributed by atoms with Gasteiger partial charge in [-0.25, -0.2) is 0 Å². The fraction of sp³-hybridized carbons (Fsp3) is 0.0952. The van der Waals surface area contributed by atoms with E-state index in [9.17, 15) is 4.79 Å². The molecule has 0 atom stereocenters. The summed E-state index contributed by atoms with van der Waals surface area (Å²) in [5, 5.41) is 6.77. The van der Waals surface area contributed by atoms with Crippen LogP contribution in [0.2, 0.25) is 5.02 Å². The van der Waals surface area contributed by atoms with Gasteiger partial charge in [-0.3, -0.25) is 4.79 Å². The first-order chi connectivity index (χ1) is 12.6. The molecule has 0 unspecified atom stereocenters. The zero-order chi connectivity index (χ0) is 18.4. The molecule has 0 heterocycles. The molecule has 132 valence electrons. The summed E-state index contributed by atoms with van der Waals surface area (Å²) < 4.78 is 5.78. The van der Waals surface area contributed by atoms with E-state index in [2.05, 4.69) is 10.6 Å². The molecule has 0 bridgehead atoms. The maximum atomic E-state index is 11.0.